The molecule has 0 aliphatic carbocycles. The second-order valence-corrected chi connectivity index (χ2v) is 9.23. The molecule has 1 aliphatic heterocycles. The number of benzene rings is 1. The third kappa shape index (κ3) is 6.60. The molecule has 0 bridgehead atoms. The van der Waals surface area contributed by atoms with Crippen LogP contribution in [0.2, 0.25) is 5.02 Å². The molecule has 1 aromatic carbocycles. The van der Waals surface area contributed by atoms with E-state index in [9.17, 15) is 9.00 Å². The van der Waals surface area contributed by atoms with Gasteiger partial charge in [-0.3, -0.25) is 9.11 Å². The number of morpholine rings is 1. The van der Waals surface area contributed by atoms with Crippen LogP contribution >= 0.6 is 11.6 Å². The van der Waals surface area contributed by atoms with E-state index in [4.69, 9.17) is 21.1 Å². The van der Waals surface area contributed by atoms with Gasteiger partial charge in [0.25, 0.3) is 0 Å². The summed E-state index contributed by atoms with van der Waals surface area (Å²) in [6.45, 7) is 6.31. The summed E-state index contributed by atoms with van der Waals surface area (Å²) in [4.78, 5) is 14.4. The number of nitrogens with zero attached hydrogens (tertiary/aromatic N) is 1. The topological polar surface area (TPSA) is 55.8 Å². The molecule has 0 N–H and O–H groups in total. The third-order valence-electron chi connectivity index (χ3n) is 3.80. The third-order valence-corrected chi connectivity index (χ3v) is 4.89. The highest BCUT2D eigenvalue weighted by molar-refractivity contribution is 7.84. The number of amides is 1. The summed E-state index contributed by atoms with van der Waals surface area (Å²) in [5.41, 5.74) is 0.507. The second kappa shape index (κ2) is 8.52. The van der Waals surface area contributed by atoms with Crippen molar-refractivity contribution in [1.29, 1.82) is 0 Å². The number of ether oxygens (including phenoxy) is 2. The van der Waals surface area contributed by atoms with Crippen molar-refractivity contribution in [2.45, 2.75) is 44.9 Å². The lowest BCUT2D eigenvalue weighted by atomic mass is 10.0. The highest BCUT2D eigenvalue weighted by atomic mass is 35.5. The smallest absolute Gasteiger partial charge is 0.410 e. The fourth-order valence-corrected chi connectivity index (χ4v) is 3.58. The van der Waals surface area contributed by atoms with Crippen molar-refractivity contribution in [3.8, 4) is 0 Å². The van der Waals surface area contributed by atoms with Crippen LogP contribution in [0.1, 0.15) is 26.3 Å². The minimum atomic E-state index is -0.981. The van der Waals surface area contributed by atoms with Gasteiger partial charge in [0.1, 0.15) is 5.60 Å². The molecule has 25 heavy (non-hydrogen) atoms. The van der Waals surface area contributed by atoms with E-state index in [-0.39, 0.29) is 18.2 Å². The SMILES string of the molecule is CS(=O)C[C@H]1CN(C(=O)OC(C)(C)C)[C@@H](Cc2ccc(Cl)cc2)CO1. The lowest BCUT2D eigenvalue weighted by molar-refractivity contribution is -0.0615. The van der Waals surface area contributed by atoms with Gasteiger partial charge in [-0.2, -0.15) is 0 Å². The predicted octanol–water partition coefficient (Wildman–Crippen LogP) is 3.27. The summed E-state index contributed by atoms with van der Waals surface area (Å²) in [6, 6.07) is 7.44. The van der Waals surface area contributed by atoms with E-state index in [0.717, 1.165) is 5.56 Å². The Hall–Kier alpha value is -1.11. The second-order valence-electron chi connectivity index (χ2n) is 7.31. The monoisotopic (exact) mass is 387 g/mol. The minimum absolute atomic E-state index is 0.127. The molecule has 1 fully saturated rings. The molecule has 7 heteroatoms. The van der Waals surface area contributed by atoms with Crippen molar-refractivity contribution in [1.82, 2.24) is 4.90 Å². The van der Waals surface area contributed by atoms with E-state index in [1.807, 2.05) is 45.0 Å². The Morgan fingerprint density at radius 2 is 2.00 bits per heavy atom. The molecule has 1 amide bonds. The van der Waals surface area contributed by atoms with Crippen LogP contribution in [0.15, 0.2) is 24.3 Å². The molecule has 0 saturated carbocycles. The Labute approximate surface area is 157 Å². The van der Waals surface area contributed by atoms with E-state index in [0.29, 0.717) is 30.3 Å². The molecule has 0 spiro atoms. The van der Waals surface area contributed by atoms with Gasteiger partial charge in [-0.15, -0.1) is 0 Å². The lowest BCUT2D eigenvalue weighted by Crippen LogP contribution is -2.55. The average Bonchev–Trinajstić information content (AvgIpc) is 2.48. The van der Waals surface area contributed by atoms with Crippen molar-refractivity contribution < 1.29 is 18.5 Å². The van der Waals surface area contributed by atoms with Crippen LogP contribution in [0.5, 0.6) is 0 Å². The van der Waals surface area contributed by atoms with E-state index >= 15 is 0 Å². The molecule has 1 aromatic rings. The van der Waals surface area contributed by atoms with Crippen molar-refractivity contribution in [3.63, 3.8) is 0 Å². The van der Waals surface area contributed by atoms with Crippen LogP contribution in [0.4, 0.5) is 4.79 Å². The van der Waals surface area contributed by atoms with Gasteiger partial charge in [0.15, 0.2) is 0 Å². The first-order valence-electron chi connectivity index (χ1n) is 8.30. The Morgan fingerprint density at radius 1 is 1.36 bits per heavy atom. The number of carbonyl (C=O) groups is 1. The van der Waals surface area contributed by atoms with Gasteiger partial charge >= 0.3 is 6.09 Å². The number of halogens is 1. The van der Waals surface area contributed by atoms with E-state index < -0.39 is 16.4 Å². The number of carbonyl (C=O) groups excluding carboxylic acids is 1. The quantitative estimate of drug-likeness (QED) is 0.795. The number of hydrogen-bond donors (Lipinski definition) is 0. The number of rotatable bonds is 4. The maximum atomic E-state index is 12.7. The number of hydrogen-bond acceptors (Lipinski definition) is 4. The van der Waals surface area contributed by atoms with E-state index in [1.54, 1.807) is 11.2 Å². The molecule has 140 valence electrons. The molecule has 0 radical (unpaired) electrons. The van der Waals surface area contributed by atoms with Gasteiger partial charge in [-0.25, -0.2) is 4.79 Å². The largest absolute Gasteiger partial charge is 0.444 e. The van der Waals surface area contributed by atoms with E-state index in [1.165, 1.54) is 0 Å². The molecule has 3 atom stereocenters. The lowest BCUT2D eigenvalue weighted by Gasteiger charge is -2.40. The maximum absolute atomic E-state index is 12.7. The summed E-state index contributed by atoms with van der Waals surface area (Å²) >= 11 is 5.94. The van der Waals surface area contributed by atoms with Crippen LogP contribution in [-0.4, -0.2) is 58.1 Å². The first-order chi connectivity index (χ1) is 11.6. The highest BCUT2D eigenvalue weighted by Gasteiger charge is 2.35. The average molecular weight is 388 g/mol. The van der Waals surface area contributed by atoms with Crippen molar-refractivity contribution in [2.24, 2.45) is 0 Å². The van der Waals surface area contributed by atoms with Crippen molar-refractivity contribution in [3.05, 3.63) is 34.9 Å². The Kier molecular flexibility index (Phi) is 6.88. The molecular weight excluding hydrogens is 362 g/mol. The van der Waals surface area contributed by atoms with Crippen LogP contribution in [0, 0.1) is 0 Å². The molecule has 5 nitrogen and oxygen atoms in total. The molecule has 1 saturated heterocycles. The molecule has 1 aliphatic rings. The van der Waals surface area contributed by atoms with Crippen molar-refractivity contribution >= 4 is 28.5 Å². The normalized spacial score (nSPS) is 22.5. The van der Waals surface area contributed by atoms with Crippen LogP contribution in [0.25, 0.3) is 0 Å². The Balaban J connectivity index is 2.12. The fourth-order valence-electron chi connectivity index (χ4n) is 2.73. The minimum Gasteiger partial charge on any atom is -0.444 e. The summed E-state index contributed by atoms with van der Waals surface area (Å²) in [6.07, 6.45) is 1.70. The standard InChI is InChI=1S/C18H26ClNO4S/c1-18(2,3)24-17(21)20-10-16(12-25(4)22)23-11-15(20)9-13-5-7-14(19)8-6-13/h5-8,15-16H,9-12H2,1-4H3/t15-,16+,25?/m0/s1. The molecule has 1 unspecified atom stereocenters. The highest BCUT2D eigenvalue weighted by Crippen LogP contribution is 2.21. The van der Waals surface area contributed by atoms with Gasteiger partial charge in [0, 0.05) is 22.1 Å². The first kappa shape index (κ1) is 20.2. The molecular formula is C18H26ClNO4S. The van der Waals surface area contributed by atoms with Gasteiger partial charge in [0.05, 0.1) is 31.1 Å². The zero-order valence-electron chi connectivity index (χ0n) is 15.2. The molecule has 2 rings (SSSR count). The van der Waals surface area contributed by atoms with Crippen molar-refractivity contribution in [2.75, 3.05) is 25.2 Å². The van der Waals surface area contributed by atoms with E-state index in [2.05, 4.69) is 0 Å². The fraction of sp³-hybridized carbons (Fsp3) is 0.611. The summed E-state index contributed by atoms with van der Waals surface area (Å²) in [5.74, 6) is 0.410. The zero-order chi connectivity index (χ0) is 18.6. The van der Waals surface area contributed by atoms with Gasteiger partial charge in [-0.1, -0.05) is 23.7 Å². The van der Waals surface area contributed by atoms with Crippen LogP contribution < -0.4 is 0 Å². The summed E-state index contributed by atoms with van der Waals surface area (Å²) in [7, 11) is -0.981. The van der Waals surface area contributed by atoms with Gasteiger partial charge in [-0.05, 0) is 44.9 Å². The maximum Gasteiger partial charge on any atom is 0.410 e. The van der Waals surface area contributed by atoms with Gasteiger partial charge < -0.3 is 9.47 Å². The summed E-state index contributed by atoms with van der Waals surface area (Å²) in [5, 5.41) is 0.679. The summed E-state index contributed by atoms with van der Waals surface area (Å²) < 4.78 is 22.9. The Bertz CT molecular complexity index is 614. The van der Waals surface area contributed by atoms with Crippen LogP contribution in [0.3, 0.4) is 0 Å². The Morgan fingerprint density at radius 3 is 2.56 bits per heavy atom. The predicted molar refractivity (Wildman–Crippen MR) is 101 cm³/mol. The van der Waals surface area contributed by atoms with Gasteiger partial charge in [0.2, 0.25) is 0 Å². The molecule has 1 heterocycles. The zero-order valence-corrected chi connectivity index (χ0v) is 16.7. The molecule has 0 aromatic heterocycles. The van der Waals surface area contributed by atoms with Crippen LogP contribution in [-0.2, 0) is 26.7 Å². The first-order valence-corrected chi connectivity index (χ1v) is 10.4.